The van der Waals surface area contributed by atoms with Gasteiger partial charge in [0.25, 0.3) is 0 Å². The van der Waals surface area contributed by atoms with Crippen LogP contribution in [0.4, 0.5) is 5.69 Å². The lowest BCUT2D eigenvalue weighted by Gasteiger charge is -2.36. The van der Waals surface area contributed by atoms with E-state index in [-0.39, 0.29) is 6.54 Å². The van der Waals surface area contributed by atoms with Gasteiger partial charge in [-0.15, -0.1) is 0 Å². The predicted molar refractivity (Wildman–Crippen MR) is 79.3 cm³/mol. The molecule has 6 heteroatoms. The van der Waals surface area contributed by atoms with Crippen LogP contribution in [0, 0.1) is 6.92 Å². The first-order chi connectivity index (χ1) is 9.39. The molecule has 0 aromatic heterocycles. The van der Waals surface area contributed by atoms with Crippen LogP contribution in [0.15, 0.2) is 22.7 Å². The van der Waals surface area contributed by atoms with E-state index in [4.69, 9.17) is 0 Å². The molecule has 2 rings (SSSR count). The molecule has 1 aliphatic rings. The summed E-state index contributed by atoms with van der Waals surface area (Å²) in [6.07, 6.45) is 2.29. The average molecular weight is 341 g/mol. The van der Waals surface area contributed by atoms with E-state index in [9.17, 15) is 14.7 Å². The van der Waals surface area contributed by atoms with Crippen molar-refractivity contribution >= 4 is 33.4 Å². The van der Waals surface area contributed by atoms with Crippen molar-refractivity contribution in [2.75, 3.05) is 11.9 Å². The number of amides is 2. The maximum absolute atomic E-state index is 11.7. The fourth-order valence-corrected chi connectivity index (χ4v) is 2.24. The first kappa shape index (κ1) is 15.0. The molecule has 1 saturated carbocycles. The van der Waals surface area contributed by atoms with Crippen molar-refractivity contribution in [3.8, 4) is 0 Å². The van der Waals surface area contributed by atoms with Crippen molar-refractivity contribution in [2.24, 2.45) is 0 Å². The van der Waals surface area contributed by atoms with Gasteiger partial charge in [0.2, 0.25) is 0 Å². The molecule has 2 amide bonds. The largest absolute Gasteiger partial charge is 0.388 e. The fourth-order valence-electron chi connectivity index (χ4n) is 2.00. The molecule has 108 valence electrons. The number of rotatable bonds is 3. The standard InChI is InChI=1S/C14H17BrN2O3/c1-9-7-10(3-4-11(9)15)17-13(19)12(18)16-8-14(20)5-2-6-14/h3-4,7,20H,2,5-6,8H2,1H3,(H,16,18)(H,17,19). The third-order valence-corrected chi connectivity index (χ3v) is 4.37. The lowest BCUT2D eigenvalue weighted by Crippen LogP contribution is -2.49. The summed E-state index contributed by atoms with van der Waals surface area (Å²) in [6.45, 7) is 2.02. The molecule has 5 nitrogen and oxygen atoms in total. The average Bonchev–Trinajstić information content (AvgIpc) is 2.38. The molecule has 1 aromatic carbocycles. The van der Waals surface area contributed by atoms with E-state index in [2.05, 4.69) is 26.6 Å². The number of anilines is 1. The molecular formula is C14H17BrN2O3. The van der Waals surface area contributed by atoms with Gasteiger partial charge in [-0.1, -0.05) is 15.9 Å². The summed E-state index contributed by atoms with van der Waals surface area (Å²) in [5.74, 6) is -1.46. The third-order valence-electron chi connectivity index (χ3n) is 3.48. The summed E-state index contributed by atoms with van der Waals surface area (Å²) in [5, 5.41) is 14.8. The summed E-state index contributed by atoms with van der Waals surface area (Å²) in [6, 6.07) is 5.29. The molecule has 0 radical (unpaired) electrons. The van der Waals surface area contributed by atoms with Crippen LogP contribution >= 0.6 is 15.9 Å². The first-order valence-electron chi connectivity index (χ1n) is 6.47. The Morgan fingerprint density at radius 2 is 2.05 bits per heavy atom. The first-order valence-corrected chi connectivity index (χ1v) is 7.27. The monoisotopic (exact) mass is 340 g/mol. The Balaban J connectivity index is 1.87. The number of aliphatic hydroxyl groups is 1. The zero-order chi connectivity index (χ0) is 14.8. The van der Waals surface area contributed by atoms with Gasteiger partial charge >= 0.3 is 11.8 Å². The van der Waals surface area contributed by atoms with Crippen molar-refractivity contribution in [1.29, 1.82) is 0 Å². The molecule has 3 N–H and O–H groups in total. The normalized spacial score (nSPS) is 16.1. The van der Waals surface area contributed by atoms with Gasteiger partial charge in [-0.2, -0.15) is 0 Å². The number of benzene rings is 1. The Bertz CT molecular complexity index is 541. The van der Waals surface area contributed by atoms with Gasteiger partial charge in [-0.05, 0) is 49.9 Å². The van der Waals surface area contributed by atoms with Crippen LogP contribution in [0.5, 0.6) is 0 Å². The number of halogens is 1. The zero-order valence-electron chi connectivity index (χ0n) is 11.2. The van der Waals surface area contributed by atoms with E-state index in [1.807, 2.05) is 6.92 Å². The van der Waals surface area contributed by atoms with Gasteiger partial charge in [-0.25, -0.2) is 0 Å². The SMILES string of the molecule is Cc1cc(NC(=O)C(=O)NCC2(O)CCC2)ccc1Br. The highest BCUT2D eigenvalue weighted by Crippen LogP contribution is 2.30. The lowest BCUT2D eigenvalue weighted by atomic mass is 9.80. The van der Waals surface area contributed by atoms with E-state index in [1.54, 1.807) is 18.2 Å². The van der Waals surface area contributed by atoms with Crippen LogP contribution in [-0.2, 0) is 9.59 Å². The number of carbonyl (C=O) groups is 2. The van der Waals surface area contributed by atoms with Crippen LogP contribution in [0.2, 0.25) is 0 Å². The highest BCUT2D eigenvalue weighted by molar-refractivity contribution is 9.10. The number of hydrogen-bond acceptors (Lipinski definition) is 3. The molecule has 1 aromatic rings. The van der Waals surface area contributed by atoms with Crippen molar-refractivity contribution in [3.05, 3.63) is 28.2 Å². The summed E-state index contributed by atoms with van der Waals surface area (Å²) in [7, 11) is 0. The van der Waals surface area contributed by atoms with Crippen molar-refractivity contribution in [1.82, 2.24) is 5.32 Å². The molecule has 0 bridgehead atoms. The van der Waals surface area contributed by atoms with Gasteiger partial charge in [0.1, 0.15) is 0 Å². The van der Waals surface area contributed by atoms with Crippen molar-refractivity contribution < 1.29 is 14.7 Å². The Morgan fingerprint density at radius 3 is 2.60 bits per heavy atom. The Morgan fingerprint density at radius 1 is 1.35 bits per heavy atom. The summed E-state index contributed by atoms with van der Waals surface area (Å²) >= 11 is 3.37. The van der Waals surface area contributed by atoms with Crippen LogP contribution in [0.25, 0.3) is 0 Å². The third kappa shape index (κ3) is 3.58. The topological polar surface area (TPSA) is 78.4 Å². The molecule has 0 unspecified atom stereocenters. The van der Waals surface area contributed by atoms with Crippen LogP contribution in [0.1, 0.15) is 24.8 Å². The summed E-state index contributed by atoms with van der Waals surface area (Å²) in [5.41, 5.74) is 0.699. The number of hydrogen-bond donors (Lipinski definition) is 3. The van der Waals surface area contributed by atoms with Crippen LogP contribution in [0.3, 0.4) is 0 Å². The molecular weight excluding hydrogens is 324 g/mol. The highest BCUT2D eigenvalue weighted by Gasteiger charge is 2.35. The Kier molecular flexibility index (Phi) is 4.45. The minimum Gasteiger partial charge on any atom is -0.388 e. The molecule has 0 heterocycles. The fraction of sp³-hybridized carbons (Fsp3) is 0.429. The van der Waals surface area contributed by atoms with Gasteiger partial charge in [-0.3, -0.25) is 9.59 Å². The minimum absolute atomic E-state index is 0.124. The van der Waals surface area contributed by atoms with Crippen LogP contribution in [-0.4, -0.2) is 29.1 Å². The predicted octanol–water partition coefficient (Wildman–Crippen LogP) is 1.73. The van der Waals surface area contributed by atoms with E-state index in [0.717, 1.165) is 16.5 Å². The van der Waals surface area contributed by atoms with E-state index < -0.39 is 17.4 Å². The second-order valence-electron chi connectivity index (χ2n) is 5.18. The number of carbonyl (C=O) groups excluding carboxylic acids is 2. The summed E-state index contributed by atoms with van der Waals surface area (Å²) in [4.78, 5) is 23.4. The Hall–Kier alpha value is -1.40. The quantitative estimate of drug-likeness (QED) is 0.733. The maximum Gasteiger partial charge on any atom is 0.313 e. The molecule has 0 atom stereocenters. The molecule has 0 aliphatic heterocycles. The van der Waals surface area contributed by atoms with E-state index in [1.165, 1.54) is 0 Å². The zero-order valence-corrected chi connectivity index (χ0v) is 12.8. The second kappa shape index (κ2) is 5.93. The Labute approximate surface area is 125 Å². The molecule has 0 saturated heterocycles. The molecule has 0 spiro atoms. The second-order valence-corrected chi connectivity index (χ2v) is 6.03. The molecule has 20 heavy (non-hydrogen) atoms. The van der Waals surface area contributed by atoms with Gasteiger partial charge < -0.3 is 15.7 Å². The van der Waals surface area contributed by atoms with E-state index >= 15 is 0 Å². The maximum atomic E-state index is 11.7. The van der Waals surface area contributed by atoms with Gasteiger partial charge in [0.15, 0.2) is 0 Å². The van der Waals surface area contributed by atoms with E-state index in [0.29, 0.717) is 18.5 Å². The van der Waals surface area contributed by atoms with Crippen LogP contribution < -0.4 is 10.6 Å². The number of aryl methyl sites for hydroxylation is 1. The highest BCUT2D eigenvalue weighted by atomic mass is 79.9. The number of nitrogens with one attached hydrogen (secondary N) is 2. The van der Waals surface area contributed by atoms with Gasteiger partial charge in [0, 0.05) is 16.7 Å². The molecule has 1 fully saturated rings. The summed E-state index contributed by atoms with van der Waals surface area (Å²) < 4.78 is 0.937. The minimum atomic E-state index is -0.829. The smallest absolute Gasteiger partial charge is 0.313 e. The van der Waals surface area contributed by atoms with Crippen molar-refractivity contribution in [2.45, 2.75) is 31.8 Å². The lowest BCUT2D eigenvalue weighted by molar-refractivity contribution is -0.137. The van der Waals surface area contributed by atoms with Gasteiger partial charge in [0.05, 0.1) is 5.60 Å². The molecule has 1 aliphatic carbocycles. The van der Waals surface area contributed by atoms with Crippen molar-refractivity contribution in [3.63, 3.8) is 0 Å².